The molecule has 9 nitrogen and oxygen atoms in total. The van der Waals surface area contributed by atoms with Crippen LogP contribution in [0.5, 0.6) is 5.75 Å². The van der Waals surface area contributed by atoms with Gasteiger partial charge in [0.2, 0.25) is 11.8 Å². The molecular formula is C38H45N3O6Si. The largest absolute Gasteiger partial charge is 0.497 e. The molecule has 7 rings (SSSR count). The van der Waals surface area contributed by atoms with Crippen LogP contribution in [0.3, 0.4) is 0 Å². The number of aliphatic hydroxyl groups excluding tert-OH is 1. The Morgan fingerprint density at radius 2 is 1.79 bits per heavy atom. The standard InChI is InChI=1S/C38H45N3O6Si/c1-24-36(48(4,5)29-16-14-28(46-3)15-17-29)33(22-35(44)40-20-8-10-27(40)23-42)47-38(24)30-21-26(13-18-32(30)39(2)37(38)45)41-31-11-7-6-9-25(31)12-19-34(41)43/h6-7,9,11,13-18,21,24,27,33,36,42H,8,10,12,19-20,22-23H2,1-5H3/t24-,27+,33+,36-,38+/m1/s1. The highest BCUT2D eigenvalue weighted by molar-refractivity contribution is 6.91. The highest BCUT2D eigenvalue weighted by atomic mass is 28.3. The molecule has 252 valence electrons. The van der Waals surface area contributed by atoms with Crippen molar-refractivity contribution in [3.8, 4) is 5.75 Å². The summed E-state index contributed by atoms with van der Waals surface area (Å²) in [5, 5.41) is 11.2. The van der Waals surface area contributed by atoms with Crippen LogP contribution in [0.15, 0.2) is 66.7 Å². The average molecular weight is 668 g/mol. The molecule has 3 aromatic rings. The van der Waals surface area contributed by atoms with Crippen molar-refractivity contribution in [1.82, 2.24) is 4.90 Å². The van der Waals surface area contributed by atoms with E-state index in [1.54, 1.807) is 28.9 Å². The quantitative estimate of drug-likeness (QED) is 0.361. The van der Waals surface area contributed by atoms with Gasteiger partial charge in [-0.1, -0.05) is 55.5 Å². The van der Waals surface area contributed by atoms with Crippen LogP contribution in [0.4, 0.5) is 17.1 Å². The van der Waals surface area contributed by atoms with Gasteiger partial charge in [-0.3, -0.25) is 19.3 Å². The molecule has 3 aromatic carbocycles. The molecule has 2 saturated heterocycles. The van der Waals surface area contributed by atoms with Crippen LogP contribution in [0, 0.1) is 5.92 Å². The van der Waals surface area contributed by atoms with Crippen LogP contribution in [0.25, 0.3) is 0 Å². The zero-order valence-corrected chi connectivity index (χ0v) is 29.4. The number of amides is 3. The molecule has 0 bridgehead atoms. The molecule has 0 unspecified atom stereocenters. The summed E-state index contributed by atoms with van der Waals surface area (Å²) in [4.78, 5) is 47.3. The molecule has 2 fully saturated rings. The number of para-hydroxylation sites is 1. The predicted molar refractivity (Wildman–Crippen MR) is 188 cm³/mol. The summed E-state index contributed by atoms with van der Waals surface area (Å²) >= 11 is 0. The Morgan fingerprint density at radius 3 is 2.52 bits per heavy atom. The van der Waals surface area contributed by atoms with Gasteiger partial charge < -0.3 is 24.4 Å². The molecule has 10 heteroatoms. The number of benzene rings is 3. The van der Waals surface area contributed by atoms with Crippen molar-refractivity contribution in [2.75, 3.05) is 37.1 Å². The summed E-state index contributed by atoms with van der Waals surface area (Å²) in [5.74, 6) is 0.311. The van der Waals surface area contributed by atoms with Crippen LogP contribution in [-0.2, 0) is 31.1 Å². The lowest BCUT2D eigenvalue weighted by molar-refractivity contribution is -0.149. The highest BCUT2D eigenvalue weighted by Gasteiger charge is 2.66. The molecule has 3 amide bonds. The number of ether oxygens (including phenoxy) is 2. The van der Waals surface area contributed by atoms with Crippen molar-refractivity contribution >= 4 is 48.0 Å². The maximum absolute atomic E-state index is 14.6. The third-order valence-electron chi connectivity index (χ3n) is 11.6. The van der Waals surface area contributed by atoms with E-state index in [1.165, 1.54) is 5.19 Å². The van der Waals surface area contributed by atoms with E-state index >= 15 is 0 Å². The van der Waals surface area contributed by atoms with E-state index in [9.17, 15) is 19.5 Å². The van der Waals surface area contributed by atoms with Gasteiger partial charge >= 0.3 is 0 Å². The van der Waals surface area contributed by atoms with Crippen LogP contribution < -0.4 is 19.7 Å². The minimum atomic E-state index is -2.45. The molecule has 0 aliphatic carbocycles. The number of anilines is 3. The predicted octanol–water partition coefficient (Wildman–Crippen LogP) is 4.87. The summed E-state index contributed by atoms with van der Waals surface area (Å²) in [5.41, 5.74) is 2.74. The van der Waals surface area contributed by atoms with Gasteiger partial charge in [0.05, 0.1) is 51.7 Å². The van der Waals surface area contributed by atoms with E-state index in [0.717, 1.165) is 41.1 Å². The summed E-state index contributed by atoms with van der Waals surface area (Å²) in [6.45, 7) is 7.25. The van der Waals surface area contributed by atoms with Gasteiger partial charge in [0.1, 0.15) is 5.75 Å². The van der Waals surface area contributed by atoms with E-state index in [1.807, 2.05) is 48.5 Å². The van der Waals surface area contributed by atoms with E-state index in [0.29, 0.717) is 25.1 Å². The number of hydrogen-bond acceptors (Lipinski definition) is 6. The number of fused-ring (bicyclic) bond motifs is 3. The fourth-order valence-electron chi connectivity index (χ4n) is 9.10. The first kappa shape index (κ1) is 32.5. The van der Waals surface area contributed by atoms with Gasteiger partial charge in [-0.25, -0.2) is 0 Å². The third kappa shape index (κ3) is 4.90. The fraction of sp³-hybridized carbons (Fsp3) is 0.447. The molecule has 1 N–H and O–H groups in total. The third-order valence-corrected chi connectivity index (χ3v) is 15.9. The highest BCUT2D eigenvalue weighted by Crippen LogP contribution is 2.60. The van der Waals surface area contributed by atoms with Gasteiger partial charge in [-0.05, 0) is 66.8 Å². The second-order valence-electron chi connectivity index (χ2n) is 14.3. The number of likely N-dealkylation sites (N-methyl/N-ethyl adjacent to an activating group) is 1. The number of likely N-dealkylation sites (tertiary alicyclic amines) is 1. The second-order valence-corrected chi connectivity index (χ2v) is 19.0. The molecule has 0 aromatic heterocycles. The summed E-state index contributed by atoms with van der Waals surface area (Å²) in [6, 6.07) is 21.7. The van der Waals surface area contributed by atoms with Crippen molar-refractivity contribution < 1.29 is 29.0 Å². The van der Waals surface area contributed by atoms with Gasteiger partial charge in [0, 0.05) is 37.2 Å². The average Bonchev–Trinajstić information content (AvgIpc) is 3.75. The van der Waals surface area contributed by atoms with Gasteiger partial charge in [-0.15, -0.1) is 0 Å². The topological polar surface area (TPSA) is 99.6 Å². The minimum Gasteiger partial charge on any atom is -0.497 e. The number of hydrogen-bond donors (Lipinski definition) is 1. The number of carbonyl (C=O) groups is 3. The Bertz CT molecular complexity index is 1760. The van der Waals surface area contributed by atoms with E-state index in [-0.39, 0.29) is 48.3 Å². The Labute approximate surface area is 283 Å². The van der Waals surface area contributed by atoms with Crippen molar-refractivity contribution in [1.29, 1.82) is 0 Å². The zero-order chi connectivity index (χ0) is 34.0. The number of carbonyl (C=O) groups excluding carboxylic acids is 3. The molecule has 4 aliphatic heterocycles. The maximum atomic E-state index is 14.6. The normalized spacial score (nSPS) is 26.8. The van der Waals surface area contributed by atoms with Crippen molar-refractivity contribution in [3.05, 3.63) is 77.9 Å². The number of nitrogens with zero attached hydrogens (tertiary/aromatic N) is 3. The lowest BCUT2D eigenvalue weighted by Crippen LogP contribution is -2.52. The summed E-state index contributed by atoms with van der Waals surface area (Å²) in [7, 11) is 0.984. The van der Waals surface area contributed by atoms with Gasteiger partial charge in [-0.2, -0.15) is 0 Å². The molecule has 0 radical (unpaired) electrons. The van der Waals surface area contributed by atoms with Crippen LogP contribution in [-0.4, -0.2) is 75.3 Å². The van der Waals surface area contributed by atoms with Crippen molar-refractivity contribution in [2.24, 2.45) is 5.92 Å². The van der Waals surface area contributed by atoms with Crippen molar-refractivity contribution in [3.63, 3.8) is 0 Å². The molecule has 48 heavy (non-hydrogen) atoms. The first-order valence-corrected chi connectivity index (χ1v) is 20.2. The summed E-state index contributed by atoms with van der Waals surface area (Å²) < 4.78 is 12.6. The van der Waals surface area contributed by atoms with E-state index in [2.05, 4.69) is 38.2 Å². The number of methoxy groups -OCH3 is 1. The molecule has 1 spiro atoms. The number of aliphatic hydroxyl groups is 1. The maximum Gasteiger partial charge on any atom is 0.264 e. The van der Waals surface area contributed by atoms with Crippen LogP contribution in [0.2, 0.25) is 18.6 Å². The monoisotopic (exact) mass is 667 g/mol. The summed E-state index contributed by atoms with van der Waals surface area (Å²) in [6.07, 6.45) is 2.34. The molecule has 0 saturated carbocycles. The Kier molecular flexibility index (Phi) is 8.24. The smallest absolute Gasteiger partial charge is 0.264 e. The number of rotatable bonds is 7. The first-order chi connectivity index (χ1) is 23.0. The zero-order valence-electron chi connectivity index (χ0n) is 28.4. The van der Waals surface area contributed by atoms with Crippen LogP contribution >= 0.6 is 0 Å². The van der Waals surface area contributed by atoms with Crippen molar-refractivity contribution in [2.45, 2.75) is 75.4 Å². The molecular weight excluding hydrogens is 623 g/mol. The van der Waals surface area contributed by atoms with Gasteiger partial charge in [0.25, 0.3) is 5.91 Å². The fourth-order valence-corrected chi connectivity index (χ4v) is 13.1. The van der Waals surface area contributed by atoms with Crippen LogP contribution in [0.1, 0.15) is 43.7 Å². The van der Waals surface area contributed by atoms with E-state index in [4.69, 9.17) is 9.47 Å². The molecule has 4 heterocycles. The van der Waals surface area contributed by atoms with E-state index < -0.39 is 19.8 Å². The Morgan fingerprint density at radius 1 is 1.04 bits per heavy atom. The second kappa shape index (κ2) is 12.2. The Balaban J connectivity index is 1.34. The first-order valence-electron chi connectivity index (χ1n) is 17.1. The Hall–Kier alpha value is -3.99. The molecule has 4 aliphatic rings. The lowest BCUT2D eigenvalue weighted by atomic mass is 9.82. The SMILES string of the molecule is COc1ccc([Si](C)(C)[C@H]2[C@H](CC(=O)N3CCC[C@H]3CO)O[C@@]3(C(=O)N(C)c4ccc(N5C(=O)CCc6ccccc65)cc43)[C@@H]2C)cc1. The van der Waals surface area contributed by atoms with Gasteiger partial charge in [0.15, 0.2) is 5.60 Å². The molecule has 5 atom stereocenters. The minimum absolute atomic E-state index is 0.0132. The number of aryl methyl sites for hydroxylation is 1. The lowest BCUT2D eigenvalue weighted by Gasteiger charge is -2.37.